The Bertz CT molecular complexity index is 31.8. The third-order valence-electron chi connectivity index (χ3n) is 0. The molecule has 0 spiro atoms. The van der Waals surface area contributed by atoms with Crippen molar-refractivity contribution in [3.05, 3.63) is 0 Å². The van der Waals surface area contributed by atoms with Gasteiger partial charge in [-0.1, -0.05) is 0 Å². The zero-order chi connectivity index (χ0) is 3.58. The Hall–Kier alpha value is 0.807. The van der Waals surface area contributed by atoms with Gasteiger partial charge in [0, 0.05) is 6.92 Å². The molecule has 0 rings (SSSR count). The number of carboxylic acid groups (broad SMARTS) is 1. The summed E-state index contributed by atoms with van der Waals surface area (Å²) in [6.45, 7) is 1.08. The first-order valence-electron chi connectivity index (χ1n) is 0.928. The number of hydrogen-bond donors (Lipinski definition) is 1. The molecule has 4 heteroatoms. The van der Waals surface area contributed by atoms with Gasteiger partial charge < -0.3 is 10.6 Å². The Labute approximate surface area is 69.4 Å². The minimum Gasteiger partial charge on any atom is -0.481 e. The Morgan fingerprint density at radius 2 is 1.67 bits per heavy atom. The molecule has 0 aliphatic carbocycles. The quantitative estimate of drug-likeness (QED) is 0.582. The van der Waals surface area contributed by atoms with E-state index in [0.29, 0.717) is 0 Å². The number of carboxylic acids is 1. The van der Waals surface area contributed by atoms with Gasteiger partial charge in [-0.25, -0.2) is 0 Å². The third-order valence-corrected chi connectivity index (χ3v) is 0. The van der Waals surface area contributed by atoms with Gasteiger partial charge >= 0.3 is 41.7 Å². The first kappa shape index (κ1) is 15.8. The molecule has 0 aromatic heterocycles. The summed E-state index contributed by atoms with van der Waals surface area (Å²) in [6, 6.07) is 0. The fourth-order valence-electron chi connectivity index (χ4n) is 0. The van der Waals surface area contributed by atoms with Crippen LogP contribution in [0.4, 0.5) is 0 Å². The number of hydrogen-bond acceptors (Lipinski definition) is 1. The summed E-state index contributed by atoms with van der Waals surface area (Å²) in [5.41, 5.74) is 0. The number of rotatable bonds is 0. The summed E-state index contributed by atoms with van der Waals surface area (Å²) < 4.78 is 0. The second-order valence-corrected chi connectivity index (χ2v) is 0.519. The molecular weight excluding hydrogens is 212 g/mol. The molecule has 0 saturated carbocycles. The van der Waals surface area contributed by atoms with Crippen molar-refractivity contribution in [2.45, 2.75) is 6.92 Å². The van der Waals surface area contributed by atoms with Crippen molar-refractivity contribution in [3.8, 4) is 0 Å². The second-order valence-electron chi connectivity index (χ2n) is 0.519. The standard InChI is InChI=1S/C2H4O2.Ce.H2O/c1-2(3)4;;/h1H3,(H,3,4);;1H2/q;+3;. The molecule has 6 heavy (non-hydrogen) atoms. The monoisotopic (exact) mass is 218 g/mol. The SMILES string of the molecule is CC(=O)O.O.[Ce+3]. The van der Waals surface area contributed by atoms with Gasteiger partial charge in [-0.2, -0.15) is 0 Å². The van der Waals surface area contributed by atoms with Crippen LogP contribution in [0.5, 0.6) is 0 Å². The zero-order valence-electron chi connectivity index (χ0n) is 3.36. The number of aliphatic carboxylic acids is 1. The van der Waals surface area contributed by atoms with Crippen molar-refractivity contribution in [2.75, 3.05) is 0 Å². The summed E-state index contributed by atoms with van der Waals surface area (Å²) in [5, 5.41) is 7.42. The van der Waals surface area contributed by atoms with Gasteiger partial charge in [-0.05, 0) is 0 Å². The van der Waals surface area contributed by atoms with Crippen molar-refractivity contribution >= 4 is 5.97 Å². The van der Waals surface area contributed by atoms with Crippen molar-refractivity contribution in [2.24, 2.45) is 0 Å². The largest absolute Gasteiger partial charge is 3.00 e. The Kier molecular flexibility index (Phi) is 24.4. The van der Waals surface area contributed by atoms with Gasteiger partial charge in [0.1, 0.15) is 0 Å². The average molecular weight is 218 g/mol. The van der Waals surface area contributed by atoms with Crippen LogP contribution in [-0.2, 0) is 4.79 Å². The van der Waals surface area contributed by atoms with Crippen molar-refractivity contribution in [1.29, 1.82) is 0 Å². The maximum absolute atomic E-state index is 9.00. The zero-order valence-corrected chi connectivity index (χ0v) is 6.50. The number of carbonyl (C=O) groups is 1. The molecule has 0 atom stereocenters. The van der Waals surface area contributed by atoms with E-state index in [2.05, 4.69) is 0 Å². The first-order valence-corrected chi connectivity index (χ1v) is 0.928. The van der Waals surface area contributed by atoms with Gasteiger partial charge in [0.15, 0.2) is 0 Å². The van der Waals surface area contributed by atoms with Crippen molar-refractivity contribution < 1.29 is 57.1 Å². The third kappa shape index (κ3) is 107. The van der Waals surface area contributed by atoms with E-state index >= 15 is 0 Å². The van der Waals surface area contributed by atoms with Crippen LogP contribution in [0, 0.1) is 41.7 Å². The molecule has 0 bridgehead atoms. The Morgan fingerprint density at radius 1 is 1.67 bits per heavy atom. The molecule has 3 nitrogen and oxygen atoms in total. The molecule has 0 aliphatic heterocycles. The molecule has 3 N–H and O–H groups in total. The predicted octanol–water partition coefficient (Wildman–Crippen LogP) is -0.734. The Morgan fingerprint density at radius 3 is 1.67 bits per heavy atom. The van der Waals surface area contributed by atoms with Gasteiger partial charge in [0.25, 0.3) is 5.97 Å². The molecule has 0 aliphatic rings. The van der Waals surface area contributed by atoms with E-state index in [-0.39, 0.29) is 47.2 Å². The molecule has 0 aromatic carbocycles. The molecule has 0 saturated heterocycles. The molecule has 33 valence electrons. The fraction of sp³-hybridized carbons (Fsp3) is 0.500. The van der Waals surface area contributed by atoms with Crippen LogP contribution in [-0.4, -0.2) is 16.6 Å². The molecular formula is C2H6CeO3+3. The van der Waals surface area contributed by atoms with E-state index in [1.165, 1.54) is 0 Å². The van der Waals surface area contributed by atoms with E-state index in [9.17, 15) is 0 Å². The molecule has 0 unspecified atom stereocenters. The summed E-state index contributed by atoms with van der Waals surface area (Å²) >= 11 is 0. The fourth-order valence-corrected chi connectivity index (χ4v) is 0. The van der Waals surface area contributed by atoms with Crippen LogP contribution >= 0.6 is 0 Å². The maximum atomic E-state index is 9.00. The minimum absolute atomic E-state index is 0. The normalized spacial score (nSPS) is 4.17. The van der Waals surface area contributed by atoms with E-state index in [4.69, 9.17) is 9.90 Å². The Balaban J connectivity index is -0.0000000450. The summed E-state index contributed by atoms with van der Waals surface area (Å²) in [5.74, 6) is -0.833. The second kappa shape index (κ2) is 9.26. The summed E-state index contributed by atoms with van der Waals surface area (Å²) in [7, 11) is 0. The van der Waals surface area contributed by atoms with Crippen LogP contribution in [0.2, 0.25) is 0 Å². The van der Waals surface area contributed by atoms with Crippen molar-refractivity contribution in [1.82, 2.24) is 0 Å². The molecule has 0 aromatic rings. The van der Waals surface area contributed by atoms with E-state index in [1.54, 1.807) is 0 Å². The van der Waals surface area contributed by atoms with Gasteiger partial charge in [0.05, 0.1) is 0 Å². The van der Waals surface area contributed by atoms with Crippen LogP contribution in [0.15, 0.2) is 0 Å². The van der Waals surface area contributed by atoms with Crippen LogP contribution in [0.3, 0.4) is 0 Å². The summed E-state index contributed by atoms with van der Waals surface area (Å²) in [6.07, 6.45) is 0. The topological polar surface area (TPSA) is 68.8 Å². The van der Waals surface area contributed by atoms with Crippen LogP contribution in [0.25, 0.3) is 0 Å². The van der Waals surface area contributed by atoms with Crippen molar-refractivity contribution in [3.63, 3.8) is 0 Å². The first-order chi connectivity index (χ1) is 1.73. The average Bonchev–Trinajstić information content (AvgIpc) is 0.811. The maximum Gasteiger partial charge on any atom is 3.00 e. The van der Waals surface area contributed by atoms with E-state index in [1.807, 2.05) is 0 Å². The molecule has 1 radical (unpaired) electrons. The van der Waals surface area contributed by atoms with Gasteiger partial charge in [0.2, 0.25) is 0 Å². The van der Waals surface area contributed by atoms with Crippen LogP contribution in [0.1, 0.15) is 6.92 Å². The van der Waals surface area contributed by atoms with Gasteiger partial charge in [-0.15, -0.1) is 0 Å². The smallest absolute Gasteiger partial charge is 0.481 e. The van der Waals surface area contributed by atoms with E-state index < -0.39 is 5.97 Å². The molecule has 0 fully saturated rings. The summed E-state index contributed by atoms with van der Waals surface area (Å²) in [4.78, 5) is 9.00. The van der Waals surface area contributed by atoms with Crippen LogP contribution < -0.4 is 0 Å². The predicted molar refractivity (Wildman–Crippen MR) is 16.9 cm³/mol. The molecule has 0 heterocycles. The minimum atomic E-state index is -0.833. The molecule has 0 amide bonds. The van der Waals surface area contributed by atoms with Gasteiger partial charge in [-0.3, -0.25) is 4.79 Å². The van der Waals surface area contributed by atoms with E-state index in [0.717, 1.165) is 6.92 Å².